The summed E-state index contributed by atoms with van der Waals surface area (Å²) in [4.78, 5) is 0. The van der Waals surface area contributed by atoms with Crippen molar-refractivity contribution in [1.29, 1.82) is 0 Å². The van der Waals surface area contributed by atoms with Gasteiger partial charge in [0.25, 0.3) is 0 Å². The molecule has 0 aromatic heterocycles. The first-order chi connectivity index (χ1) is 6.64. The molecule has 0 aliphatic heterocycles. The Labute approximate surface area is 102 Å². The van der Waals surface area contributed by atoms with E-state index < -0.39 is 16.4 Å². The maximum Gasteiger partial charge on any atom is 0.186 e. The maximum atomic E-state index is 6.02. The van der Waals surface area contributed by atoms with Gasteiger partial charge in [-0.15, -0.1) is 17.3 Å². The Morgan fingerprint density at radius 1 is 1.13 bits per heavy atom. The molecule has 0 spiro atoms. The van der Waals surface area contributed by atoms with E-state index in [4.69, 9.17) is 4.43 Å². The van der Waals surface area contributed by atoms with Crippen LogP contribution in [0.2, 0.25) is 39.3 Å². The van der Waals surface area contributed by atoms with Gasteiger partial charge in [-0.25, -0.2) is 0 Å². The van der Waals surface area contributed by atoms with Crippen LogP contribution in [0.5, 0.6) is 0 Å². The highest BCUT2D eigenvalue weighted by Crippen LogP contribution is 2.17. The third kappa shape index (κ3) is 10.6. The van der Waals surface area contributed by atoms with Crippen molar-refractivity contribution >= 4 is 28.2 Å². The van der Waals surface area contributed by atoms with E-state index in [0.29, 0.717) is 0 Å². The summed E-state index contributed by atoms with van der Waals surface area (Å²) in [6, 6.07) is 0. The van der Waals surface area contributed by atoms with Gasteiger partial charge in [0.2, 0.25) is 0 Å². The monoisotopic (exact) mass is 260 g/mol. The van der Waals surface area contributed by atoms with E-state index in [1.165, 1.54) is 0 Å². The Hall–Kier alpha value is 0.304. The normalized spacial score (nSPS) is 14.3. The zero-order valence-corrected chi connectivity index (χ0v) is 13.9. The standard InChI is InChI=1S/C11H24OSSi2/c1-8-13-11(12-15(5,6)7)9-10-14(2,3)4/h11H,8H2,1-7H3. The van der Waals surface area contributed by atoms with Gasteiger partial charge >= 0.3 is 0 Å². The van der Waals surface area contributed by atoms with Gasteiger partial charge in [-0.2, -0.15) is 0 Å². The van der Waals surface area contributed by atoms with E-state index in [0.717, 1.165) is 5.75 Å². The van der Waals surface area contributed by atoms with Crippen molar-refractivity contribution in [2.45, 2.75) is 51.6 Å². The molecule has 0 aromatic carbocycles. The molecule has 0 radical (unpaired) electrons. The van der Waals surface area contributed by atoms with Gasteiger partial charge in [0.1, 0.15) is 8.07 Å². The zero-order valence-electron chi connectivity index (χ0n) is 11.1. The molecule has 0 bridgehead atoms. The Balaban J connectivity index is 4.46. The number of hydrogen-bond donors (Lipinski definition) is 0. The molecule has 88 valence electrons. The van der Waals surface area contributed by atoms with E-state index >= 15 is 0 Å². The summed E-state index contributed by atoms with van der Waals surface area (Å²) < 4.78 is 6.02. The van der Waals surface area contributed by atoms with Crippen LogP contribution < -0.4 is 0 Å². The fraction of sp³-hybridized carbons (Fsp3) is 0.818. The predicted molar refractivity (Wildman–Crippen MR) is 77.5 cm³/mol. The van der Waals surface area contributed by atoms with E-state index in [-0.39, 0.29) is 5.44 Å². The van der Waals surface area contributed by atoms with Crippen molar-refractivity contribution in [3.05, 3.63) is 0 Å². The highest BCUT2D eigenvalue weighted by atomic mass is 32.2. The molecule has 0 rings (SSSR count). The van der Waals surface area contributed by atoms with Crippen molar-refractivity contribution < 1.29 is 4.43 Å². The van der Waals surface area contributed by atoms with Gasteiger partial charge in [0.05, 0.1) is 0 Å². The van der Waals surface area contributed by atoms with Crippen LogP contribution in [0.1, 0.15) is 6.92 Å². The molecular formula is C11H24OSSi2. The van der Waals surface area contributed by atoms with Gasteiger partial charge in [-0.1, -0.05) is 32.5 Å². The zero-order chi connectivity index (χ0) is 12.1. The smallest absolute Gasteiger partial charge is 0.186 e. The summed E-state index contributed by atoms with van der Waals surface area (Å²) in [5, 5.41) is 0. The lowest BCUT2D eigenvalue weighted by Crippen LogP contribution is -2.30. The summed E-state index contributed by atoms with van der Waals surface area (Å²) >= 11 is 1.81. The second-order valence-electron chi connectivity index (χ2n) is 5.54. The van der Waals surface area contributed by atoms with Crippen LogP contribution in [0.4, 0.5) is 0 Å². The lowest BCUT2D eigenvalue weighted by molar-refractivity contribution is 0.334. The molecule has 0 aliphatic rings. The second kappa shape index (κ2) is 6.14. The summed E-state index contributed by atoms with van der Waals surface area (Å²) in [6.45, 7) is 15.6. The minimum atomic E-state index is -1.46. The van der Waals surface area contributed by atoms with Crippen molar-refractivity contribution in [2.75, 3.05) is 5.75 Å². The maximum absolute atomic E-state index is 6.02. The van der Waals surface area contributed by atoms with E-state index in [1.54, 1.807) is 11.8 Å². The Bertz CT molecular complexity index is 242. The van der Waals surface area contributed by atoms with E-state index in [1.807, 2.05) is 0 Å². The molecule has 0 amide bonds. The van der Waals surface area contributed by atoms with Crippen molar-refractivity contribution in [2.24, 2.45) is 0 Å². The molecular weight excluding hydrogens is 236 g/mol. The lowest BCUT2D eigenvalue weighted by Gasteiger charge is -2.22. The van der Waals surface area contributed by atoms with Gasteiger partial charge in [0.15, 0.2) is 13.8 Å². The van der Waals surface area contributed by atoms with Crippen LogP contribution in [-0.4, -0.2) is 27.6 Å². The van der Waals surface area contributed by atoms with Crippen LogP contribution in [0.25, 0.3) is 0 Å². The molecule has 0 saturated heterocycles. The SMILES string of the molecule is CCSC(C#C[Si](C)(C)C)O[Si](C)(C)C. The molecule has 0 saturated carbocycles. The Morgan fingerprint density at radius 2 is 1.67 bits per heavy atom. The molecule has 0 aliphatic carbocycles. The second-order valence-corrected chi connectivity index (χ2v) is 16.1. The lowest BCUT2D eigenvalue weighted by atomic mass is 10.7. The van der Waals surface area contributed by atoms with Crippen LogP contribution in [0.3, 0.4) is 0 Å². The fourth-order valence-electron chi connectivity index (χ4n) is 0.853. The van der Waals surface area contributed by atoms with Gasteiger partial charge in [0, 0.05) is 0 Å². The average molecular weight is 261 g/mol. The van der Waals surface area contributed by atoms with E-state index in [9.17, 15) is 0 Å². The van der Waals surface area contributed by atoms with Gasteiger partial charge in [-0.3, -0.25) is 0 Å². The molecule has 15 heavy (non-hydrogen) atoms. The highest BCUT2D eigenvalue weighted by molar-refractivity contribution is 8.00. The third-order valence-corrected chi connectivity index (χ3v) is 4.20. The first kappa shape index (κ1) is 15.3. The summed E-state index contributed by atoms with van der Waals surface area (Å²) in [6.07, 6.45) is 0. The first-order valence-electron chi connectivity index (χ1n) is 5.46. The third-order valence-electron chi connectivity index (χ3n) is 1.34. The number of rotatable bonds is 4. The molecule has 0 heterocycles. The summed E-state index contributed by atoms with van der Waals surface area (Å²) in [5.41, 5.74) is 3.49. The van der Waals surface area contributed by atoms with Crippen LogP contribution in [-0.2, 0) is 4.43 Å². The Morgan fingerprint density at radius 3 is 2.00 bits per heavy atom. The quantitative estimate of drug-likeness (QED) is 0.432. The summed E-state index contributed by atoms with van der Waals surface area (Å²) in [7, 11) is -2.73. The number of thioether (sulfide) groups is 1. The fourth-order valence-corrected chi connectivity index (χ4v) is 3.81. The molecule has 0 aromatic rings. The Kier molecular flexibility index (Phi) is 6.27. The van der Waals surface area contributed by atoms with Crippen LogP contribution in [0, 0.1) is 11.5 Å². The molecule has 4 heteroatoms. The van der Waals surface area contributed by atoms with Crippen LogP contribution >= 0.6 is 11.8 Å². The molecule has 1 nitrogen and oxygen atoms in total. The molecule has 0 N–H and O–H groups in total. The molecule has 1 unspecified atom stereocenters. The van der Waals surface area contributed by atoms with Gasteiger partial charge < -0.3 is 4.43 Å². The predicted octanol–water partition coefficient (Wildman–Crippen LogP) is 3.80. The number of hydrogen-bond acceptors (Lipinski definition) is 2. The highest BCUT2D eigenvalue weighted by Gasteiger charge is 2.20. The van der Waals surface area contributed by atoms with Crippen molar-refractivity contribution in [3.8, 4) is 11.5 Å². The molecule has 1 atom stereocenters. The molecule has 0 fully saturated rings. The average Bonchev–Trinajstić information content (AvgIpc) is 1.96. The minimum Gasteiger partial charge on any atom is -0.396 e. The van der Waals surface area contributed by atoms with Gasteiger partial charge in [-0.05, 0) is 25.4 Å². The minimum absolute atomic E-state index is 0.0911. The summed E-state index contributed by atoms with van der Waals surface area (Å²) in [5.74, 6) is 4.37. The first-order valence-corrected chi connectivity index (χ1v) is 13.4. The van der Waals surface area contributed by atoms with Crippen molar-refractivity contribution in [3.63, 3.8) is 0 Å². The van der Waals surface area contributed by atoms with E-state index in [2.05, 4.69) is 57.7 Å². The largest absolute Gasteiger partial charge is 0.396 e. The van der Waals surface area contributed by atoms with Crippen molar-refractivity contribution in [1.82, 2.24) is 0 Å². The topological polar surface area (TPSA) is 9.23 Å². The van der Waals surface area contributed by atoms with Crippen LogP contribution in [0.15, 0.2) is 0 Å².